The van der Waals surface area contributed by atoms with Crippen LogP contribution in [-0.2, 0) is 36.4 Å². The fourth-order valence-electron chi connectivity index (χ4n) is 10.1. The Morgan fingerprint density at radius 3 is 1.26 bits per heavy atom. The van der Waals surface area contributed by atoms with Crippen LogP contribution < -0.4 is 27.0 Å². The molecule has 0 bridgehead atoms. The van der Waals surface area contributed by atoms with E-state index < -0.39 is 93.6 Å². The molecule has 3 aromatic rings. The highest BCUT2D eigenvalue weighted by atomic mass is 19.4. The Labute approximate surface area is 375 Å². The minimum atomic E-state index is -4.57. The zero-order valence-corrected chi connectivity index (χ0v) is 37.4. The van der Waals surface area contributed by atoms with Gasteiger partial charge in [0.2, 0.25) is 23.6 Å². The first-order valence-corrected chi connectivity index (χ1v) is 21.6. The van der Waals surface area contributed by atoms with Gasteiger partial charge in [0.25, 0.3) is 0 Å². The third-order valence-corrected chi connectivity index (χ3v) is 13.3. The maximum absolute atomic E-state index is 14.1. The van der Waals surface area contributed by atoms with Crippen molar-refractivity contribution in [3.8, 4) is 0 Å². The van der Waals surface area contributed by atoms with E-state index in [9.17, 15) is 52.2 Å². The average molecular weight is 906 g/mol. The second-order valence-electron chi connectivity index (χ2n) is 19.4. The van der Waals surface area contributed by atoms with Gasteiger partial charge in [-0.25, -0.2) is 9.59 Å². The fraction of sp³-hybridized carbons (Fsp3) is 0.489. The Balaban J connectivity index is 1.36. The number of hydrogen-bond acceptors (Lipinski definition) is 7. The number of amides is 6. The molecular formula is C47H58F3N7O8. The standard InChI is InChI=1S/C47H58F3N7O8/c1-43(2,3)35(53-41(62)63)37(58)55-25-7-23-45(55,39(51)60)29-13-9-27(10-14-29)33-21-22-34(57(33)32-19-17-31(18-20-32)47(48,49)50)28-11-15-30(16-12-28)46(40(52)61)24-8-26-56(46)38(59)36(44(4,5)6)54-42(64)65/h9-20,33-36,53-54H,7-8,21-26H2,1-6H3,(H2,51,60)(H2,52,61)(H,62,63)(H,64,65)/t33-,34?,35-,36-,45+,46+/m1/s1. The number of alkyl halides is 3. The van der Waals surface area contributed by atoms with Crippen LogP contribution in [0.3, 0.4) is 0 Å². The highest BCUT2D eigenvalue weighted by Gasteiger charge is 2.54. The number of primary amides is 2. The molecule has 6 amide bonds. The Hall–Kier alpha value is -6.33. The Morgan fingerprint density at radius 2 is 0.969 bits per heavy atom. The minimum absolute atomic E-state index is 0.163. The summed E-state index contributed by atoms with van der Waals surface area (Å²) in [5, 5.41) is 23.8. The zero-order valence-electron chi connectivity index (χ0n) is 37.4. The van der Waals surface area contributed by atoms with Gasteiger partial charge in [0.15, 0.2) is 0 Å². The van der Waals surface area contributed by atoms with Crippen molar-refractivity contribution in [1.82, 2.24) is 20.4 Å². The molecule has 3 aliphatic rings. The Bertz CT molecular complexity index is 2180. The smallest absolute Gasteiger partial charge is 0.416 e. The summed E-state index contributed by atoms with van der Waals surface area (Å²) in [6.45, 7) is 10.6. The van der Waals surface area contributed by atoms with Gasteiger partial charge in [-0.2, -0.15) is 13.2 Å². The van der Waals surface area contributed by atoms with Crippen LogP contribution in [0.1, 0.15) is 120 Å². The number of anilines is 1. The predicted octanol–water partition coefficient (Wildman–Crippen LogP) is 6.76. The van der Waals surface area contributed by atoms with Crippen LogP contribution in [-0.4, -0.2) is 81.0 Å². The quantitative estimate of drug-likeness (QED) is 0.119. The van der Waals surface area contributed by atoms with E-state index >= 15 is 0 Å². The zero-order chi connectivity index (χ0) is 48.0. The summed E-state index contributed by atoms with van der Waals surface area (Å²) in [6.07, 6.45) is -4.99. The molecule has 0 aromatic heterocycles. The van der Waals surface area contributed by atoms with E-state index in [1.165, 1.54) is 21.9 Å². The molecule has 0 spiro atoms. The lowest BCUT2D eigenvalue weighted by Crippen LogP contribution is -2.61. The van der Waals surface area contributed by atoms with Gasteiger partial charge >= 0.3 is 18.4 Å². The van der Waals surface area contributed by atoms with E-state index in [0.717, 1.165) is 23.3 Å². The van der Waals surface area contributed by atoms with Crippen molar-refractivity contribution in [2.45, 2.75) is 121 Å². The summed E-state index contributed by atoms with van der Waals surface area (Å²) in [4.78, 5) is 83.4. The van der Waals surface area contributed by atoms with Crippen molar-refractivity contribution in [1.29, 1.82) is 0 Å². The summed E-state index contributed by atoms with van der Waals surface area (Å²) < 4.78 is 41.3. The topological polar surface area (TPSA) is 229 Å². The van der Waals surface area contributed by atoms with E-state index in [2.05, 4.69) is 10.6 Å². The van der Waals surface area contributed by atoms with Crippen molar-refractivity contribution >= 4 is 41.5 Å². The van der Waals surface area contributed by atoms with Crippen molar-refractivity contribution in [3.05, 3.63) is 101 Å². The molecule has 350 valence electrons. The van der Waals surface area contributed by atoms with E-state index in [0.29, 0.717) is 42.5 Å². The van der Waals surface area contributed by atoms with Gasteiger partial charge in [-0.05, 0) is 95.9 Å². The average Bonchev–Trinajstić information content (AvgIpc) is 3.99. The molecule has 0 saturated carbocycles. The number of likely N-dealkylation sites (tertiary alicyclic amines) is 2. The molecule has 3 fully saturated rings. The number of nitrogens with zero attached hydrogens (tertiary/aromatic N) is 3. The molecule has 0 aliphatic carbocycles. The molecule has 8 N–H and O–H groups in total. The fourth-order valence-corrected chi connectivity index (χ4v) is 10.1. The highest BCUT2D eigenvalue weighted by molar-refractivity contribution is 5.96. The molecule has 0 radical (unpaired) electrons. The minimum Gasteiger partial charge on any atom is -0.465 e. The third-order valence-electron chi connectivity index (χ3n) is 13.3. The molecule has 3 aromatic carbocycles. The van der Waals surface area contributed by atoms with Crippen LogP contribution in [0.2, 0.25) is 0 Å². The van der Waals surface area contributed by atoms with Gasteiger partial charge in [0.05, 0.1) is 17.6 Å². The van der Waals surface area contributed by atoms with Gasteiger partial charge in [0, 0.05) is 18.8 Å². The van der Waals surface area contributed by atoms with E-state index in [4.69, 9.17) is 11.5 Å². The Kier molecular flexibility index (Phi) is 13.0. The molecule has 3 heterocycles. The van der Waals surface area contributed by atoms with Crippen LogP contribution in [0.4, 0.5) is 28.4 Å². The maximum atomic E-state index is 14.1. The SMILES string of the molecule is CC(C)(C)[C@H](NC(=O)O)C(=O)N1CCC[C@@]1(C(N)=O)c1ccc(C2CC[C@H](c3ccc([C@]4(C(N)=O)CCCN4C(=O)[C@@H](NC(=O)O)C(C)(C)C)cc3)N2c2ccc(C(F)(F)F)cc2)cc1. The molecular weight excluding hydrogens is 848 g/mol. The normalized spacial score (nSPS) is 23.5. The number of benzene rings is 3. The number of halogens is 3. The lowest BCUT2D eigenvalue weighted by molar-refractivity contribution is -0.147. The summed E-state index contributed by atoms with van der Waals surface area (Å²) in [7, 11) is 0. The number of nitrogens with one attached hydrogen (secondary N) is 2. The largest absolute Gasteiger partial charge is 0.465 e. The number of nitrogens with two attached hydrogens (primary N) is 2. The molecule has 3 saturated heterocycles. The van der Waals surface area contributed by atoms with Gasteiger partial charge in [0.1, 0.15) is 23.2 Å². The predicted molar refractivity (Wildman–Crippen MR) is 234 cm³/mol. The van der Waals surface area contributed by atoms with Gasteiger partial charge in [-0.1, -0.05) is 90.1 Å². The molecule has 3 aliphatic heterocycles. The summed E-state index contributed by atoms with van der Waals surface area (Å²) in [5.41, 5.74) is 9.45. The van der Waals surface area contributed by atoms with Crippen LogP contribution >= 0.6 is 0 Å². The van der Waals surface area contributed by atoms with E-state index in [-0.39, 0.29) is 25.9 Å². The molecule has 65 heavy (non-hydrogen) atoms. The van der Waals surface area contributed by atoms with Gasteiger partial charge < -0.3 is 47.0 Å². The molecule has 15 nitrogen and oxygen atoms in total. The highest BCUT2D eigenvalue weighted by Crippen LogP contribution is 2.49. The molecule has 18 heteroatoms. The second kappa shape index (κ2) is 17.6. The summed E-state index contributed by atoms with van der Waals surface area (Å²) in [6, 6.07) is 15.8. The second-order valence-corrected chi connectivity index (χ2v) is 19.4. The number of carboxylic acid groups (broad SMARTS) is 2. The van der Waals surface area contributed by atoms with Gasteiger partial charge in [-0.3, -0.25) is 19.2 Å². The molecule has 6 atom stereocenters. The lowest BCUT2D eigenvalue weighted by atomic mass is 9.82. The first kappa shape index (κ1) is 48.1. The molecule has 1 unspecified atom stereocenters. The number of hydrogen-bond donors (Lipinski definition) is 6. The van der Waals surface area contributed by atoms with Crippen LogP contribution in [0.5, 0.6) is 0 Å². The maximum Gasteiger partial charge on any atom is 0.416 e. The third kappa shape index (κ3) is 9.03. The monoisotopic (exact) mass is 905 g/mol. The number of carbonyl (C=O) groups is 6. The van der Waals surface area contributed by atoms with Gasteiger partial charge in [-0.15, -0.1) is 0 Å². The van der Waals surface area contributed by atoms with Crippen molar-refractivity contribution in [2.24, 2.45) is 22.3 Å². The first-order chi connectivity index (χ1) is 30.2. The summed E-state index contributed by atoms with van der Waals surface area (Å²) >= 11 is 0. The van der Waals surface area contributed by atoms with Crippen molar-refractivity contribution < 1.29 is 52.2 Å². The number of rotatable bonds is 11. The Morgan fingerprint density at radius 1 is 0.615 bits per heavy atom. The van der Waals surface area contributed by atoms with Crippen LogP contribution in [0, 0.1) is 10.8 Å². The van der Waals surface area contributed by atoms with Crippen molar-refractivity contribution in [2.75, 3.05) is 18.0 Å². The lowest BCUT2D eigenvalue weighted by Gasteiger charge is -2.41. The van der Waals surface area contributed by atoms with E-state index in [1.807, 2.05) is 4.90 Å². The number of carbonyl (C=O) groups excluding carboxylic acids is 4. The van der Waals surface area contributed by atoms with Crippen LogP contribution in [0.25, 0.3) is 0 Å². The first-order valence-electron chi connectivity index (χ1n) is 21.6. The van der Waals surface area contributed by atoms with Crippen molar-refractivity contribution in [3.63, 3.8) is 0 Å². The van der Waals surface area contributed by atoms with Crippen LogP contribution in [0.15, 0.2) is 72.8 Å². The molecule has 6 rings (SSSR count). The summed E-state index contributed by atoms with van der Waals surface area (Å²) in [5.74, 6) is -2.72. The van der Waals surface area contributed by atoms with E-state index in [1.54, 1.807) is 90.1 Å².